The Morgan fingerprint density at radius 3 is 1.88 bits per heavy atom. The topological polar surface area (TPSA) is 98.9 Å². The van der Waals surface area contributed by atoms with Crippen molar-refractivity contribution in [3.63, 3.8) is 0 Å². The Labute approximate surface area is 193 Å². The largest absolute Gasteiger partial charge is 0.490 e. The third kappa shape index (κ3) is 11.2. The Bertz CT molecular complexity index is 739. The van der Waals surface area contributed by atoms with Crippen LogP contribution in [0.3, 0.4) is 0 Å². The monoisotopic (exact) mass is 504 g/mol. The lowest BCUT2D eigenvalue weighted by Gasteiger charge is -2.33. The third-order valence-corrected chi connectivity index (χ3v) is 5.51. The number of aromatic nitrogens is 2. The Morgan fingerprint density at radius 1 is 0.912 bits per heavy atom. The average molecular weight is 504 g/mol. The van der Waals surface area contributed by atoms with Crippen LogP contribution in [-0.4, -0.2) is 86.3 Å². The zero-order chi connectivity index (χ0) is 25.9. The molecule has 1 saturated carbocycles. The minimum absolute atomic E-state index is 0.875. The molecule has 8 nitrogen and oxygen atoms in total. The molecular weight excluding hydrogens is 474 g/mol. The Kier molecular flexibility index (Phi) is 11.8. The van der Waals surface area contributed by atoms with E-state index in [9.17, 15) is 26.3 Å². The zero-order valence-electron chi connectivity index (χ0n) is 18.8. The van der Waals surface area contributed by atoms with Crippen molar-refractivity contribution in [1.82, 2.24) is 19.6 Å². The van der Waals surface area contributed by atoms with E-state index < -0.39 is 24.3 Å². The molecule has 0 radical (unpaired) electrons. The van der Waals surface area contributed by atoms with Gasteiger partial charge in [0.1, 0.15) is 0 Å². The first-order valence-corrected chi connectivity index (χ1v) is 10.7. The van der Waals surface area contributed by atoms with Gasteiger partial charge >= 0.3 is 24.3 Å². The van der Waals surface area contributed by atoms with Crippen LogP contribution < -0.4 is 0 Å². The molecule has 0 spiro atoms. The van der Waals surface area contributed by atoms with Gasteiger partial charge in [-0.3, -0.25) is 14.5 Å². The lowest BCUT2D eigenvalue weighted by molar-refractivity contribution is -0.193. The number of carboxylic acids is 2. The van der Waals surface area contributed by atoms with E-state index in [2.05, 4.69) is 21.0 Å². The van der Waals surface area contributed by atoms with Crippen molar-refractivity contribution in [2.24, 2.45) is 7.05 Å². The van der Waals surface area contributed by atoms with Gasteiger partial charge in [-0.05, 0) is 38.4 Å². The molecule has 2 heterocycles. The lowest BCUT2D eigenvalue weighted by Crippen LogP contribution is -2.39. The number of nitrogens with zero attached hydrogens (tertiary/aromatic N) is 4. The molecule has 0 atom stereocenters. The molecule has 2 aliphatic rings. The lowest BCUT2D eigenvalue weighted by atomic mass is 9.94. The van der Waals surface area contributed by atoms with E-state index in [1.807, 2.05) is 17.9 Å². The molecule has 1 aromatic heterocycles. The van der Waals surface area contributed by atoms with Crippen LogP contribution in [0, 0.1) is 0 Å². The van der Waals surface area contributed by atoms with Crippen LogP contribution in [0.1, 0.15) is 44.2 Å². The van der Waals surface area contributed by atoms with Crippen molar-refractivity contribution in [1.29, 1.82) is 0 Å². The van der Waals surface area contributed by atoms with Gasteiger partial charge in [0.15, 0.2) is 0 Å². The van der Waals surface area contributed by atoms with Crippen LogP contribution in [-0.2, 0) is 23.2 Å². The summed E-state index contributed by atoms with van der Waals surface area (Å²) in [4.78, 5) is 23.2. The fourth-order valence-corrected chi connectivity index (χ4v) is 3.75. The van der Waals surface area contributed by atoms with Crippen LogP contribution >= 0.6 is 0 Å². The van der Waals surface area contributed by atoms with E-state index in [0.29, 0.717) is 0 Å². The van der Waals surface area contributed by atoms with Gasteiger partial charge < -0.3 is 10.2 Å². The van der Waals surface area contributed by atoms with Crippen molar-refractivity contribution in [3.8, 4) is 0 Å². The van der Waals surface area contributed by atoms with Gasteiger partial charge in [0.05, 0.1) is 5.69 Å². The second-order valence-corrected chi connectivity index (χ2v) is 8.01. The zero-order valence-corrected chi connectivity index (χ0v) is 18.8. The van der Waals surface area contributed by atoms with Gasteiger partial charge in [0, 0.05) is 38.9 Å². The summed E-state index contributed by atoms with van der Waals surface area (Å²) in [6.07, 6.45) is 0.260. The number of hydrogen-bond donors (Lipinski definition) is 2. The summed E-state index contributed by atoms with van der Waals surface area (Å²) in [7, 11) is 2.04. The summed E-state index contributed by atoms with van der Waals surface area (Å²) >= 11 is 0. The van der Waals surface area contributed by atoms with E-state index in [0.717, 1.165) is 12.6 Å². The van der Waals surface area contributed by atoms with E-state index in [-0.39, 0.29) is 0 Å². The van der Waals surface area contributed by atoms with Crippen LogP contribution in [0.4, 0.5) is 26.3 Å². The number of hydrogen-bond acceptors (Lipinski definition) is 5. The van der Waals surface area contributed by atoms with E-state index >= 15 is 0 Å². The molecule has 1 aliphatic carbocycles. The highest BCUT2D eigenvalue weighted by Gasteiger charge is 2.38. The average Bonchev–Trinajstić information content (AvgIpc) is 3.00. The molecule has 2 N–H and O–H groups in total. The van der Waals surface area contributed by atoms with Crippen molar-refractivity contribution in [3.05, 3.63) is 18.0 Å². The Balaban J connectivity index is 0.000000343. The minimum atomic E-state index is -5.08. The number of alkyl halides is 6. The third-order valence-electron chi connectivity index (χ3n) is 5.51. The summed E-state index contributed by atoms with van der Waals surface area (Å²) < 4.78 is 65.5. The molecule has 0 amide bonds. The van der Waals surface area contributed by atoms with E-state index in [1.165, 1.54) is 70.4 Å². The molecule has 196 valence electrons. The number of rotatable bonds is 3. The van der Waals surface area contributed by atoms with Crippen LogP contribution in [0.15, 0.2) is 12.3 Å². The van der Waals surface area contributed by atoms with Gasteiger partial charge in [-0.15, -0.1) is 0 Å². The van der Waals surface area contributed by atoms with Crippen molar-refractivity contribution in [2.45, 2.75) is 63.5 Å². The first-order chi connectivity index (χ1) is 15.7. The molecule has 2 fully saturated rings. The smallest absolute Gasteiger partial charge is 0.475 e. The molecule has 34 heavy (non-hydrogen) atoms. The van der Waals surface area contributed by atoms with Crippen molar-refractivity contribution >= 4 is 11.9 Å². The normalized spacial score (nSPS) is 18.7. The number of halogens is 6. The van der Waals surface area contributed by atoms with Crippen molar-refractivity contribution in [2.75, 3.05) is 26.2 Å². The van der Waals surface area contributed by atoms with Gasteiger partial charge in [0.2, 0.25) is 0 Å². The highest BCUT2D eigenvalue weighted by atomic mass is 19.4. The Morgan fingerprint density at radius 2 is 1.44 bits per heavy atom. The quantitative estimate of drug-likeness (QED) is 0.608. The standard InChI is InChI=1S/C16H28N4.2C2HF3O2/c1-18-16(8-9-17-18)14-19-10-5-11-20(13-12-19)15-6-3-2-4-7-15;2*3-2(4,5)1(6)7/h8-9,15H,2-7,10-14H2,1H3;2*(H,6,7). The maximum atomic E-state index is 10.6. The number of carboxylic acid groups (broad SMARTS) is 2. The molecule has 1 saturated heterocycles. The fourth-order valence-electron chi connectivity index (χ4n) is 3.75. The number of carbonyl (C=O) groups is 2. The Hall–Kier alpha value is -2.35. The number of aryl methyl sites for hydroxylation is 1. The maximum absolute atomic E-state index is 10.6. The summed E-state index contributed by atoms with van der Waals surface area (Å²) in [5.41, 5.74) is 1.33. The summed E-state index contributed by atoms with van der Waals surface area (Å²) in [5.74, 6) is -5.51. The predicted molar refractivity (Wildman–Crippen MR) is 109 cm³/mol. The summed E-state index contributed by atoms with van der Waals surface area (Å²) in [5, 5.41) is 18.5. The minimum Gasteiger partial charge on any atom is -0.475 e. The van der Waals surface area contributed by atoms with Gasteiger partial charge in [0.25, 0.3) is 0 Å². The van der Waals surface area contributed by atoms with Crippen LogP contribution in [0.2, 0.25) is 0 Å². The number of aliphatic carboxylic acids is 2. The van der Waals surface area contributed by atoms with Gasteiger partial charge in [-0.2, -0.15) is 31.4 Å². The van der Waals surface area contributed by atoms with E-state index in [4.69, 9.17) is 19.8 Å². The molecular formula is C20H30F6N4O4. The molecule has 3 rings (SSSR count). The highest BCUT2D eigenvalue weighted by Crippen LogP contribution is 2.23. The fraction of sp³-hybridized carbons (Fsp3) is 0.750. The molecule has 0 bridgehead atoms. The highest BCUT2D eigenvalue weighted by molar-refractivity contribution is 5.73. The second kappa shape index (κ2) is 13.5. The molecule has 0 unspecified atom stereocenters. The summed E-state index contributed by atoms with van der Waals surface area (Å²) in [6.45, 7) is 6.04. The van der Waals surface area contributed by atoms with E-state index in [1.54, 1.807) is 0 Å². The first kappa shape index (κ1) is 29.7. The summed E-state index contributed by atoms with van der Waals surface area (Å²) in [6, 6.07) is 3.02. The SMILES string of the molecule is Cn1nccc1CN1CCCN(C2CCCCC2)CC1.O=C(O)C(F)(F)F.O=C(O)C(F)(F)F. The predicted octanol–water partition coefficient (Wildman–Crippen LogP) is 3.53. The molecule has 14 heteroatoms. The van der Waals surface area contributed by atoms with Crippen LogP contribution in [0.25, 0.3) is 0 Å². The second-order valence-electron chi connectivity index (χ2n) is 8.01. The molecule has 1 aliphatic heterocycles. The van der Waals surface area contributed by atoms with Gasteiger partial charge in [-0.1, -0.05) is 19.3 Å². The maximum Gasteiger partial charge on any atom is 0.490 e. The van der Waals surface area contributed by atoms with Gasteiger partial charge in [-0.25, -0.2) is 9.59 Å². The van der Waals surface area contributed by atoms with Crippen LogP contribution in [0.5, 0.6) is 0 Å². The molecule has 1 aromatic rings. The van der Waals surface area contributed by atoms with Crippen molar-refractivity contribution < 1.29 is 46.1 Å². The first-order valence-electron chi connectivity index (χ1n) is 10.7. The molecule has 0 aromatic carbocycles.